The van der Waals surface area contributed by atoms with Crippen molar-refractivity contribution >= 4 is 16.8 Å². The minimum Gasteiger partial charge on any atom is -0.366 e. The van der Waals surface area contributed by atoms with E-state index in [1.807, 2.05) is 37.8 Å². The number of fused-ring (bicyclic) bond motifs is 1. The van der Waals surface area contributed by atoms with Gasteiger partial charge in [0.15, 0.2) is 11.6 Å². The quantitative estimate of drug-likeness (QED) is 0.580. The maximum atomic E-state index is 11.7. The highest BCUT2D eigenvalue weighted by molar-refractivity contribution is 6.02. The summed E-state index contributed by atoms with van der Waals surface area (Å²) >= 11 is 0. The lowest BCUT2D eigenvalue weighted by Gasteiger charge is -2.02. The van der Waals surface area contributed by atoms with E-state index < -0.39 is 5.91 Å². The number of benzene rings is 1. The average Bonchev–Trinajstić information content (AvgIpc) is 3.30. The van der Waals surface area contributed by atoms with Gasteiger partial charge in [0.2, 0.25) is 5.91 Å². The monoisotopic (exact) mass is 350 g/mol. The first kappa shape index (κ1) is 16.0. The number of H-pyrrole nitrogens is 1. The first-order chi connectivity index (χ1) is 12.5. The average molecular weight is 350 g/mol. The van der Waals surface area contributed by atoms with Crippen LogP contribution in [0.1, 0.15) is 23.0 Å². The third-order valence-corrected chi connectivity index (χ3v) is 4.19. The maximum Gasteiger partial charge on any atom is 0.248 e. The van der Waals surface area contributed by atoms with Crippen LogP contribution in [0.25, 0.3) is 33.8 Å². The number of nitrogens with two attached hydrogens (primary N) is 1. The normalized spacial score (nSPS) is 11.3. The van der Waals surface area contributed by atoms with Gasteiger partial charge in [-0.05, 0) is 32.0 Å². The molecular formula is C17H18N8O. The van der Waals surface area contributed by atoms with Crippen LogP contribution in [-0.2, 0) is 13.6 Å². The molecule has 9 nitrogen and oxygen atoms in total. The van der Waals surface area contributed by atoms with E-state index in [1.165, 1.54) is 0 Å². The van der Waals surface area contributed by atoms with Gasteiger partial charge < -0.3 is 5.73 Å². The topological polar surface area (TPSA) is 120 Å². The van der Waals surface area contributed by atoms with E-state index in [0.717, 1.165) is 23.3 Å². The lowest BCUT2D eigenvalue weighted by Crippen LogP contribution is -2.11. The number of primary amides is 1. The van der Waals surface area contributed by atoms with Crippen LogP contribution in [-0.4, -0.2) is 40.6 Å². The van der Waals surface area contributed by atoms with Crippen LogP contribution in [0, 0.1) is 6.92 Å². The molecule has 0 saturated heterocycles. The summed E-state index contributed by atoms with van der Waals surface area (Å²) in [6, 6.07) is 5.32. The third kappa shape index (κ3) is 2.53. The van der Waals surface area contributed by atoms with Crippen LogP contribution in [0.5, 0.6) is 0 Å². The lowest BCUT2D eigenvalue weighted by molar-refractivity contribution is 0.100. The molecule has 1 amide bonds. The van der Waals surface area contributed by atoms with Crippen LogP contribution in [0.15, 0.2) is 24.4 Å². The van der Waals surface area contributed by atoms with Crippen molar-refractivity contribution in [2.24, 2.45) is 12.8 Å². The maximum absolute atomic E-state index is 11.7. The summed E-state index contributed by atoms with van der Waals surface area (Å²) in [5.74, 6) is 0.570. The predicted molar refractivity (Wildman–Crippen MR) is 96.2 cm³/mol. The number of amides is 1. The standard InChI is InChI=1S/C17H18N8O/c1-4-25-14(5-9(2)22-25)17-19-16(20-21-17)11-6-10(15(18)26)7-13-12(11)8-24(3)23-13/h5-8H,4H2,1-3H3,(H2,18,26)(H,19,20,21). The van der Waals surface area contributed by atoms with Crippen molar-refractivity contribution in [2.45, 2.75) is 20.4 Å². The van der Waals surface area contributed by atoms with Gasteiger partial charge in [-0.1, -0.05) is 0 Å². The fourth-order valence-electron chi connectivity index (χ4n) is 3.04. The Morgan fingerprint density at radius 1 is 1.27 bits per heavy atom. The number of hydrogen-bond acceptors (Lipinski definition) is 5. The first-order valence-electron chi connectivity index (χ1n) is 8.21. The number of carbonyl (C=O) groups is 1. The Morgan fingerprint density at radius 2 is 2.08 bits per heavy atom. The number of nitrogens with one attached hydrogen (secondary N) is 1. The van der Waals surface area contributed by atoms with Gasteiger partial charge in [-0.3, -0.25) is 19.3 Å². The fourth-order valence-corrected chi connectivity index (χ4v) is 3.04. The number of aromatic amines is 1. The molecule has 4 aromatic rings. The van der Waals surface area contributed by atoms with E-state index >= 15 is 0 Å². The Kier molecular flexibility index (Phi) is 3.57. The SMILES string of the molecule is CCn1nc(C)cc1-c1nc(-c2cc(C(N)=O)cc3nn(C)cc23)n[nH]1. The molecule has 9 heteroatoms. The van der Waals surface area contributed by atoms with Gasteiger partial charge in [-0.15, -0.1) is 0 Å². The molecule has 3 N–H and O–H groups in total. The molecular weight excluding hydrogens is 332 g/mol. The molecule has 26 heavy (non-hydrogen) atoms. The zero-order valence-electron chi connectivity index (χ0n) is 14.7. The molecule has 0 aliphatic heterocycles. The molecule has 0 radical (unpaired) electrons. The van der Waals surface area contributed by atoms with Crippen molar-refractivity contribution in [3.63, 3.8) is 0 Å². The largest absolute Gasteiger partial charge is 0.366 e. The fraction of sp³-hybridized carbons (Fsp3) is 0.235. The van der Waals surface area contributed by atoms with Crippen LogP contribution < -0.4 is 5.73 Å². The Morgan fingerprint density at radius 3 is 2.81 bits per heavy atom. The number of aromatic nitrogens is 7. The summed E-state index contributed by atoms with van der Waals surface area (Å²) in [6.07, 6.45) is 1.87. The minimum absolute atomic E-state index is 0.368. The molecule has 0 saturated carbocycles. The first-order valence-corrected chi connectivity index (χ1v) is 8.21. The molecule has 0 unspecified atom stereocenters. The predicted octanol–water partition coefficient (Wildman–Crippen LogP) is 1.65. The molecule has 4 rings (SSSR count). The van der Waals surface area contributed by atoms with Crippen molar-refractivity contribution < 1.29 is 4.79 Å². The molecule has 0 bridgehead atoms. The Bertz CT molecular complexity index is 1130. The molecule has 132 valence electrons. The van der Waals surface area contributed by atoms with Gasteiger partial charge in [0, 0.05) is 36.3 Å². The van der Waals surface area contributed by atoms with Crippen LogP contribution >= 0.6 is 0 Å². The Labute approximate surface area is 148 Å². The number of hydrogen-bond donors (Lipinski definition) is 2. The molecule has 0 fully saturated rings. The lowest BCUT2D eigenvalue weighted by atomic mass is 10.1. The second kappa shape index (κ2) is 5.80. The van der Waals surface area contributed by atoms with E-state index in [4.69, 9.17) is 5.73 Å². The van der Waals surface area contributed by atoms with Crippen molar-refractivity contribution in [3.05, 3.63) is 35.7 Å². The molecule has 0 spiro atoms. The number of aryl methyl sites for hydroxylation is 3. The van der Waals surface area contributed by atoms with Gasteiger partial charge in [-0.25, -0.2) is 4.98 Å². The highest BCUT2D eigenvalue weighted by Gasteiger charge is 2.17. The van der Waals surface area contributed by atoms with E-state index in [2.05, 4.69) is 25.4 Å². The van der Waals surface area contributed by atoms with E-state index in [0.29, 0.717) is 28.3 Å². The third-order valence-electron chi connectivity index (χ3n) is 4.19. The molecule has 0 aliphatic carbocycles. The molecule has 3 aromatic heterocycles. The van der Waals surface area contributed by atoms with Crippen LogP contribution in [0.2, 0.25) is 0 Å². The van der Waals surface area contributed by atoms with Gasteiger partial charge in [0.25, 0.3) is 0 Å². The van der Waals surface area contributed by atoms with Crippen LogP contribution in [0.3, 0.4) is 0 Å². The molecule has 1 aromatic carbocycles. The van der Waals surface area contributed by atoms with Crippen molar-refractivity contribution in [3.8, 4) is 22.9 Å². The zero-order valence-corrected chi connectivity index (χ0v) is 14.7. The van der Waals surface area contributed by atoms with Crippen LogP contribution in [0.4, 0.5) is 0 Å². The molecule has 0 aliphatic rings. The number of nitrogens with zero attached hydrogens (tertiary/aromatic N) is 6. The smallest absolute Gasteiger partial charge is 0.248 e. The highest BCUT2D eigenvalue weighted by atomic mass is 16.1. The summed E-state index contributed by atoms with van der Waals surface area (Å²) in [5, 5.41) is 17.0. The van der Waals surface area contributed by atoms with Crippen molar-refractivity contribution in [2.75, 3.05) is 0 Å². The van der Waals surface area contributed by atoms with E-state index in [-0.39, 0.29) is 0 Å². The van der Waals surface area contributed by atoms with E-state index in [9.17, 15) is 4.79 Å². The second-order valence-corrected chi connectivity index (χ2v) is 6.12. The minimum atomic E-state index is -0.519. The highest BCUT2D eigenvalue weighted by Crippen LogP contribution is 2.29. The van der Waals surface area contributed by atoms with Gasteiger partial charge in [0.05, 0.1) is 11.2 Å². The Hall–Kier alpha value is -3.49. The number of carbonyl (C=O) groups excluding carboxylic acids is 1. The summed E-state index contributed by atoms with van der Waals surface area (Å²) < 4.78 is 3.54. The van der Waals surface area contributed by atoms with Gasteiger partial charge >= 0.3 is 0 Å². The van der Waals surface area contributed by atoms with Gasteiger partial charge in [-0.2, -0.15) is 15.3 Å². The summed E-state index contributed by atoms with van der Waals surface area (Å²) in [7, 11) is 1.82. The Balaban J connectivity index is 1.88. The summed E-state index contributed by atoms with van der Waals surface area (Å²) in [6.45, 7) is 4.67. The zero-order chi connectivity index (χ0) is 18.4. The molecule has 0 atom stereocenters. The molecule has 3 heterocycles. The van der Waals surface area contributed by atoms with Gasteiger partial charge in [0.1, 0.15) is 5.69 Å². The van der Waals surface area contributed by atoms with Crippen molar-refractivity contribution in [1.82, 2.24) is 34.7 Å². The summed E-state index contributed by atoms with van der Waals surface area (Å²) in [4.78, 5) is 16.3. The van der Waals surface area contributed by atoms with E-state index in [1.54, 1.807) is 16.8 Å². The van der Waals surface area contributed by atoms with Crippen molar-refractivity contribution in [1.29, 1.82) is 0 Å². The second-order valence-electron chi connectivity index (χ2n) is 6.12. The number of rotatable bonds is 4. The summed E-state index contributed by atoms with van der Waals surface area (Å²) in [5.41, 5.74) is 8.96.